The van der Waals surface area contributed by atoms with Crippen LogP contribution in [0.15, 0.2) is 41.5 Å². The maximum absolute atomic E-state index is 12.4. The molecule has 0 aliphatic carbocycles. The van der Waals surface area contributed by atoms with Crippen LogP contribution in [0.3, 0.4) is 0 Å². The van der Waals surface area contributed by atoms with Gasteiger partial charge in [0.05, 0.1) is 31.6 Å². The maximum atomic E-state index is 12.4. The van der Waals surface area contributed by atoms with Gasteiger partial charge in [0.1, 0.15) is 24.3 Å². The molecule has 0 spiro atoms. The molecular formula is C21H25Cl2N2O6P. The van der Waals surface area contributed by atoms with Crippen molar-refractivity contribution in [2.75, 3.05) is 26.5 Å². The molecule has 0 aromatic heterocycles. The Labute approximate surface area is 197 Å². The predicted molar refractivity (Wildman–Crippen MR) is 125 cm³/mol. The quantitative estimate of drug-likeness (QED) is 0.240. The highest BCUT2D eigenvalue weighted by Crippen LogP contribution is 2.47. The lowest BCUT2D eigenvalue weighted by atomic mass is 10.1. The smallest absolute Gasteiger partial charge is 0.340 e. The molecule has 32 heavy (non-hydrogen) atoms. The summed E-state index contributed by atoms with van der Waals surface area (Å²) in [6.07, 6.45) is 1.03. The molecule has 1 N–H and O–H groups in total. The number of benzene rings is 2. The van der Waals surface area contributed by atoms with Crippen molar-refractivity contribution in [3.63, 3.8) is 0 Å². The fraction of sp³-hybridized carbons (Fsp3) is 0.333. The van der Waals surface area contributed by atoms with E-state index in [1.165, 1.54) is 6.21 Å². The van der Waals surface area contributed by atoms with Crippen LogP contribution in [-0.4, -0.2) is 38.6 Å². The topological polar surface area (TPSA) is 95.5 Å². The van der Waals surface area contributed by atoms with E-state index in [1.807, 2.05) is 0 Å². The monoisotopic (exact) mass is 502 g/mol. The van der Waals surface area contributed by atoms with Gasteiger partial charge in [-0.05, 0) is 55.8 Å². The first kappa shape index (κ1) is 26.2. The fourth-order valence-electron chi connectivity index (χ4n) is 2.65. The zero-order chi connectivity index (χ0) is 23.6. The van der Waals surface area contributed by atoms with Crippen LogP contribution in [0.2, 0.25) is 10.0 Å². The number of halogens is 2. The van der Waals surface area contributed by atoms with Gasteiger partial charge < -0.3 is 18.5 Å². The van der Waals surface area contributed by atoms with Crippen LogP contribution < -0.4 is 14.9 Å². The SMILES string of the molecule is CCOP(=O)(CC(=O)N/N=C/c1ccc(OC)c(COc2ccc(Cl)cc2Cl)c1)OCC. The highest BCUT2D eigenvalue weighted by Gasteiger charge is 2.27. The van der Waals surface area contributed by atoms with Gasteiger partial charge in [-0.2, -0.15) is 5.10 Å². The van der Waals surface area contributed by atoms with Crippen molar-refractivity contribution in [2.24, 2.45) is 5.10 Å². The lowest BCUT2D eigenvalue weighted by molar-refractivity contribution is -0.118. The van der Waals surface area contributed by atoms with Crippen LogP contribution in [0.1, 0.15) is 25.0 Å². The van der Waals surface area contributed by atoms with E-state index in [2.05, 4.69) is 10.5 Å². The van der Waals surface area contributed by atoms with Crippen molar-refractivity contribution in [3.8, 4) is 11.5 Å². The van der Waals surface area contributed by atoms with Crippen molar-refractivity contribution in [1.82, 2.24) is 5.43 Å². The Morgan fingerprint density at radius 2 is 1.78 bits per heavy atom. The number of hydrazone groups is 1. The van der Waals surface area contributed by atoms with E-state index in [1.54, 1.807) is 57.4 Å². The number of hydrogen-bond donors (Lipinski definition) is 1. The van der Waals surface area contributed by atoms with Gasteiger partial charge in [0.15, 0.2) is 0 Å². The van der Waals surface area contributed by atoms with E-state index >= 15 is 0 Å². The molecule has 0 saturated carbocycles. The van der Waals surface area contributed by atoms with Gasteiger partial charge in [0.25, 0.3) is 5.91 Å². The van der Waals surface area contributed by atoms with E-state index in [4.69, 9.17) is 41.7 Å². The first-order chi connectivity index (χ1) is 15.3. The van der Waals surface area contributed by atoms with Gasteiger partial charge in [0, 0.05) is 10.6 Å². The van der Waals surface area contributed by atoms with Crippen molar-refractivity contribution >= 4 is 42.9 Å². The number of ether oxygens (including phenoxy) is 2. The van der Waals surface area contributed by atoms with E-state index in [9.17, 15) is 9.36 Å². The molecule has 8 nitrogen and oxygen atoms in total. The highest BCUT2D eigenvalue weighted by atomic mass is 35.5. The Morgan fingerprint density at radius 1 is 1.09 bits per heavy atom. The third kappa shape index (κ3) is 8.11. The van der Waals surface area contributed by atoms with Gasteiger partial charge >= 0.3 is 7.60 Å². The summed E-state index contributed by atoms with van der Waals surface area (Å²) in [5.74, 6) is 0.518. The number of rotatable bonds is 12. The first-order valence-corrected chi connectivity index (χ1v) is 12.2. The Morgan fingerprint density at radius 3 is 2.41 bits per heavy atom. The number of nitrogens with one attached hydrogen (secondary N) is 1. The van der Waals surface area contributed by atoms with Crippen LogP contribution >= 0.6 is 30.8 Å². The van der Waals surface area contributed by atoms with Crippen molar-refractivity contribution < 1.29 is 27.9 Å². The summed E-state index contributed by atoms with van der Waals surface area (Å²) in [6, 6.07) is 10.3. The molecule has 174 valence electrons. The van der Waals surface area contributed by atoms with E-state index in [0.717, 1.165) is 5.56 Å². The van der Waals surface area contributed by atoms with Crippen LogP contribution in [-0.2, 0) is 25.0 Å². The number of methoxy groups -OCH3 is 1. The summed E-state index contributed by atoms with van der Waals surface area (Å²) in [5.41, 5.74) is 3.75. The number of hydrogen-bond acceptors (Lipinski definition) is 7. The van der Waals surface area contributed by atoms with Gasteiger partial charge in [0.2, 0.25) is 0 Å². The molecule has 1 amide bonds. The second kappa shape index (κ2) is 12.8. The van der Waals surface area contributed by atoms with Crippen LogP contribution in [0.5, 0.6) is 11.5 Å². The third-order valence-electron chi connectivity index (χ3n) is 3.97. The van der Waals surface area contributed by atoms with E-state index < -0.39 is 19.7 Å². The molecule has 0 atom stereocenters. The van der Waals surface area contributed by atoms with Crippen molar-refractivity contribution in [1.29, 1.82) is 0 Å². The molecule has 0 aliphatic heterocycles. The molecule has 0 radical (unpaired) electrons. The van der Waals surface area contributed by atoms with Gasteiger partial charge in [-0.25, -0.2) is 5.43 Å². The Hall–Kier alpha value is -2.09. The average molecular weight is 503 g/mol. The van der Waals surface area contributed by atoms with Crippen molar-refractivity contribution in [3.05, 3.63) is 57.6 Å². The molecule has 0 heterocycles. The Bertz CT molecular complexity index is 992. The summed E-state index contributed by atoms with van der Waals surface area (Å²) in [4.78, 5) is 12.1. The molecule has 0 aliphatic rings. The standard InChI is InChI=1S/C21H25Cl2N2O6P/c1-4-30-32(27,31-5-2)14-21(26)25-24-12-15-6-8-19(28-3)16(10-15)13-29-20-9-7-17(22)11-18(20)23/h6-12H,4-5,13-14H2,1-3H3,(H,25,26)/b24-12+. The molecule has 0 fully saturated rings. The zero-order valence-corrected chi connectivity index (χ0v) is 20.4. The lowest BCUT2D eigenvalue weighted by Gasteiger charge is -2.15. The Balaban J connectivity index is 2.03. The van der Waals surface area contributed by atoms with Crippen molar-refractivity contribution in [2.45, 2.75) is 20.5 Å². The minimum atomic E-state index is -3.49. The number of carbonyl (C=O) groups excluding carboxylic acids is 1. The van der Waals surface area contributed by atoms with Gasteiger partial charge in [-0.1, -0.05) is 23.2 Å². The highest BCUT2D eigenvalue weighted by molar-refractivity contribution is 7.54. The lowest BCUT2D eigenvalue weighted by Crippen LogP contribution is -2.22. The molecule has 2 aromatic carbocycles. The summed E-state index contributed by atoms with van der Waals surface area (Å²) in [7, 11) is -1.94. The minimum Gasteiger partial charge on any atom is -0.496 e. The molecule has 0 unspecified atom stereocenters. The second-order valence-electron chi connectivity index (χ2n) is 6.33. The minimum absolute atomic E-state index is 0.172. The molecule has 11 heteroatoms. The number of amides is 1. The summed E-state index contributed by atoms with van der Waals surface area (Å²) in [5, 5.41) is 4.82. The molecule has 0 bridgehead atoms. The molecule has 2 aromatic rings. The average Bonchev–Trinajstić information content (AvgIpc) is 2.73. The van der Waals surface area contributed by atoms with E-state index in [0.29, 0.717) is 27.1 Å². The molecular weight excluding hydrogens is 478 g/mol. The number of carbonyl (C=O) groups is 1. The summed E-state index contributed by atoms with van der Waals surface area (Å²) < 4.78 is 33.8. The maximum Gasteiger partial charge on any atom is 0.340 e. The van der Waals surface area contributed by atoms with Gasteiger partial charge in [-0.15, -0.1) is 0 Å². The first-order valence-electron chi connectivity index (χ1n) is 9.75. The summed E-state index contributed by atoms with van der Waals surface area (Å²) in [6.45, 7) is 3.88. The largest absolute Gasteiger partial charge is 0.496 e. The van der Waals surface area contributed by atoms with E-state index in [-0.39, 0.29) is 19.8 Å². The zero-order valence-electron chi connectivity index (χ0n) is 18.0. The molecule has 2 rings (SSSR count). The normalized spacial score (nSPS) is 11.5. The predicted octanol–water partition coefficient (Wildman–Crippen LogP) is 5.30. The summed E-state index contributed by atoms with van der Waals surface area (Å²) >= 11 is 12.1. The molecule has 0 saturated heterocycles. The Kier molecular flexibility index (Phi) is 10.5. The van der Waals surface area contributed by atoms with Crippen LogP contribution in [0.25, 0.3) is 0 Å². The number of nitrogens with zero attached hydrogens (tertiary/aromatic N) is 1. The third-order valence-corrected chi connectivity index (χ3v) is 6.48. The van der Waals surface area contributed by atoms with Crippen LogP contribution in [0.4, 0.5) is 0 Å². The van der Waals surface area contributed by atoms with Gasteiger partial charge in [-0.3, -0.25) is 9.36 Å². The second-order valence-corrected chi connectivity index (χ2v) is 9.23. The van der Waals surface area contributed by atoms with Crippen LogP contribution in [0, 0.1) is 0 Å². The fourth-order valence-corrected chi connectivity index (χ4v) is 4.58.